The van der Waals surface area contributed by atoms with E-state index < -0.39 is 17.7 Å². The first kappa shape index (κ1) is 26.8. The Bertz CT molecular complexity index is 1350. The van der Waals surface area contributed by atoms with E-state index in [1.54, 1.807) is 42.5 Å². The van der Waals surface area contributed by atoms with Crippen LogP contribution in [0.3, 0.4) is 0 Å². The van der Waals surface area contributed by atoms with Crippen LogP contribution >= 0.6 is 0 Å². The summed E-state index contributed by atoms with van der Waals surface area (Å²) in [6.07, 6.45) is 0. The van der Waals surface area contributed by atoms with Gasteiger partial charge in [-0.05, 0) is 54.4 Å². The number of benzene rings is 3. The summed E-state index contributed by atoms with van der Waals surface area (Å²) < 4.78 is 21.8. The smallest absolute Gasteiger partial charge is 0.295 e. The molecule has 0 aliphatic carbocycles. The minimum Gasteiger partial charge on any atom is -0.507 e. The summed E-state index contributed by atoms with van der Waals surface area (Å²) in [5, 5.41) is 11.3. The Balaban J connectivity index is 1.68. The molecule has 0 aromatic heterocycles. The van der Waals surface area contributed by atoms with Crippen LogP contribution in [0.5, 0.6) is 17.2 Å². The lowest BCUT2D eigenvalue weighted by Crippen LogP contribution is -2.32. The lowest BCUT2D eigenvalue weighted by molar-refractivity contribution is -0.140. The molecule has 8 nitrogen and oxygen atoms in total. The number of aliphatic hydroxyl groups is 1. The molecule has 1 aliphatic rings. The predicted octanol–water partition coefficient (Wildman–Crippen LogP) is 4.66. The van der Waals surface area contributed by atoms with Crippen molar-refractivity contribution in [2.45, 2.75) is 19.6 Å². The van der Waals surface area contributed by atoms with Crippen molar-refractivity contribution in [2.75, 3.05) is 34.5 Å². The van der Waals surface area contributed by atoms with E-state index in [1.165, 1.54) is 26.2 Å². The first-order valence-corrected chi connectivity index (χ1v) is 12.2. The quantitative estimate of drug-likeness (QED) is 0.237. The summed E-state index contributed by atoms with van der Waals surface area (Å²) in [6, 6.07) is 19.1. The fourth-order valence-corrected chi connectivity index (χ4v) is 4.50. The maximum atomic E-state index is 13.2. The van der Waals surface area contributed by atoms with Gasteiger partial charge in [0.05, 0.1) is 32.4 Å². The van der Waals surface area contributed by atoms with Crippen molar-refractivity contribution < 1.29 is 33.6 Å². The van der Waals surface area contributed by atoms with Crippen molar-refractivity contribution >= 4 is 17.4 Å². The van der Waals surface area contributed by atoms with Gasteiger partial charge >= 0.3 is 0 Å². The number of likely N-dealkylation sites (tertiary alicyclic amines) is 1. The second-order valence-corrected chi connectivity index (χ2v) is 8.90. The Labute approximate surface area is 222 Å². The third kappa shape index (κ3) is 5.50. The van der Waals surface area contributed by atoms with Crippen molar-refractivity contribution in [1.82, 2.24) is 4.90 Å². The van der Waals surface area contributed by atoms with E-state index in [2.05, 4.69) is 6.07 Å². The highest BCUT2D eigenvalue weighted by Gasteiger charge is 2.46. The van der Waals surface area contributed by atoms with Gasteiger partial charge in [0.2, 0.25) is 0 Å². The van der Waals surface area contributed by atoms with E-state index in [4.69, 9.17) is 18.9 Å². The summed E-state index contributed by atoms with van der Waals surface area (Å²) in [6.45, 7) is 2.82. The van der Waals surface area contributed by atoms with Gasteiger partial charge in [-0.25, -0.2) is 0 Å². The van der Waals surface area contributed by atoms with Crippen LogP contribution in [0.4, 0.5) is 0 Å². The number of carbonyl (C=O) groups is 2. The maximum absolute atomic E-state index is 13.2. The highest BCUT2D eigenvalue weighted by molar-refractivity contribution is 6.46. The molecule has 1 amide bonds. The molecule has 1 N–H and O–H groups in total. The fraction of sp³-hybridized carbons (Fsp3) is 0.267. The number of nitrogens with zero attached hydrogens (tertiary/aromatic N) is 1. The molecule has 1 atom stereocenters. The van der Waals surface area contributed by atoms with Gasteiger partial charge in [-0.3, -0.25) is 9.59 Å². The van der Waals surface area contributed by atoms with Crippen molar-refractivity contribution in [2.24, 2.45) is 0 Å². The maximum Gasteiger partial charge on any atom is 0.295 e. The normalized spacial score (nSPS) is 16.5. The molecule has 3 aromatic rings. The summed E-state index contributed by atoms with van der Waals surface area (Å²) >= 11 is 0. The lowest BCUT2D eigenvalue weighted by Gasteiger charge is -2.25. The van der Waals surface area contributed by atoms with Crippen molar-refractivity contribution in [3.8, 4) is 17.2 Å². The first-order chi connectivity index (χ1) is 18.4. The Morgan fingerprint density at radius 1 is 0.921 bits per heavy atom. The van der Waals surface area contributed by atoms with Gasteiger partial charge in [0.25, 0.3) is 11.7 Å². The van der Waals surface area contributed by atoms with Gasteiger partial charge in [0.1, 0.15) is 18.1 Å². The predicted molar refractivity (Wildman–Crippen MR) is 142 cm³/mol. The molecule has 0 bridgehead atoms. The Morgan fingerprint density at radius 2 is 1.66 bits per heavy atom. The van der Waals surface area contributed by atoms with Gasteiger partial charge < -0.3 is 29.0 Å². The van der Waals surface area contributed by atoms with E-state index in [1.807, 2.05) is 25.1 Å². The monoisotopic (exact) mass is 517 g/mol. The molecule has 4 rings (SSSR count). The molecule has 198 valence electrons. The van der Waals surface area contributed by atoms with Crippen LogP contribution in [0.2, 0.25) is 0 Å². The number of ether oxygens (including phenoxy) is 4. The first-order valence-electron chi connectivity index (χ1n) is 12.2. The van der Waals surface area contributed by atoms with Gasteiger partial charge in [-0.2, -0.15) is 0 Å². The minimum atomic E-state index is -0.831. The number of hydrogen-bond acceptors (Lipinski definition) is 7. The molecule has 0 spiro atoms. The topological polar surface area (TPSA) is 94.5 Å². The number of carbonyl (C=O) groups excluding carboxylic acids is 2. The van der Waals surface area contributed by atoms with Crippen LogP contribution in [0.1, 0.15) is 28.3 Å². The summed E-state index contributed by atoms with van der Waals surface area (Å²) in [7, 11) is 4.55. The Hall–Kier alpha value is -4.30. The van der Waals surface area contributed by atoms with Crippen LogP contribution in [-0.2, 0) is 20.9 Å². The summed E-state index contributed by atoms with van der Waals surface area (Å²) in [4.78, 5) is 27.6. The molecule has 1 aliphatic heterocycles. The average Bonchev–Trinajstić information content (AvgIpc) is 3.19. The number of amides is 1. The molecular formula is C30H31NO7. The standard InChI is InChI=1S/C30H31NO7/c1-19-6-5-7-20(16-19)18-38-23-11-8-21(9-12-23)28(32)26-27(31(14-15-35-2)30(34)29(26)33)22-10-13-24(36-3)25(17-22)37-4/h5-13,16-17,27,32H,14-15,18H2,1-4H3/t27-/m1/s1. The number of Topliss-reactive ketones (excluding diaryl/α,β-unsaturated/α-hetero) is 1. The van der Waals surface area contributed by atoms with Gasteiger partial charge in [0, 0.05) is 19.2 Å². The Morgan fingerprint density at radius 3 is 2.32 bits per heavy atom. The summed E-state index contributed by atoms with van der Waals surface area (Å²) in [5.74, 6) is -0.184. The zero-order valence-electron chi connectivity index (χ0n) is 21.9. The molecular weight excluding hydrogens is 486 g/mol. The second-order valence-electron chi connectivity index (χ2n) is 8.90. The third-order valence-electron chi connectivity index (χ3n) is 6.42. The number of aryl methyl sites for hydroxylation is 1. The molecule has 0 saturated carbocycles. The largest absolute Gasteiger partial charge is 0.507 e. The average molecular weight is 518 g/mol. The minimum absolute atomic E-state index is 0.00764. The van der Waals surface area contributed by atoms with E-state index in [0.717, 1.165) is 11.1 Å². The van der Waals surface area contributed by atoms with E-state index in [9.17, 15) is 14.7 Å². The second kappa shape index (κ2) is 11.8. The molecule has 8 heteroatoms. The van der Waals surface area contributed by atoms with Gasteiger partial charge in [0.15, 0.2) is 11.5 Å². The molecule has 3 aromatic carbocycles. The number of ketones is 1. The molecule has 38 heavy (non-hydrogen) atoms. The van der Waals surface area contributed by atoms with E-state index in [-0.39, 0.29) is 24.5 Å². The van der Waals surface area contributed by atoms with E-state index >= 15 is 0 Å². The Kier molecular flexibility index (Phi) is 8.33. The highest BCUT2D eigenvalue weighted by atomic mass is 16.5. The molecule has 1 saturated heterocycles. The molecule has 0 unspecified atom stereocenters. The molecule has 1 fully saturated rings. The van der Waals surface area contributed by atoms with Crippen LogP contribution in [0.25, 0.3) is 5.76 Å². The van der Waals surface area contributed by atoms with Crippen LogP contribution in [0, 0.1) is 6.92 Å². The molecule has 0 radical (unpaired) electrons. The highest BCUT2D eigenvalue weighted by Crippen LogP contribution is 2.42. The van der Waals surface area contributed by atoms with Crippen molar-refractivity contribution in [3.05, 3.63) is 94.6 Å². The van der Waals surface area contributed by atoms with Gasteiger partial charge in [-0.15, -0.1) is 0 Å². The number of methoxy groups -OCH3 is 3. The van der Waals surface area contributed by atoms with E-state index in [0.29, 0.717) is 35.0 Å². The zero-order chi connectivity index (χ0) is 27.2. The SMILES string of the molecule is COCCN1C(=O)C(=O)C(=C(O)c2ccc(OCc3cccc(C)c3)cc2)[C@H]1c1ccc(OC)c(OC)c1. The molecule has 1 heterocycles. The number of aliphatic hydroxyl groups excluding tert-OH is 1. The fourth-order valence-electron chi connectivity index (χ4n) is 4.50. The van der Waals surface area contributed by atoms with Crippen LogP contribution < -0.4 is 14.2 Å². The zero-order valence-corrected chi connectivity index (χ0v) is 21.9. The van der Waals surface area contributed by atoms with Crippen LogP contribution in [0.15, 0.2) is 72.3 Å². The number of hydrogen-bond donors (Lipinski definition) is 1. The number of rotatable bonds is 10. The summed E-state index contributed by atoms with van der Waals surface area (Å²) in [5.41, 5.74) is 3.17. The lowest BCUT2D eigenvalue weighted by atomic mass is 9.95. The van der Waals surface area contributed by atoms with Crippen LogP contribution in [-0.4, -0.2) is 56.2 Å². The van der Waals surface area contributed by atoms with Crippen molar-refractivity contribution in [1.29, 1.82) is 0 Å². The van der Waals surface area contributed by atoms with Gasteiger partial charge in [-0.1, -0.05) is 35.9 Å². The van der Waals surface area contributed by atoms with Crippen molar-refractivity contribution in [3.63, 3.8) is 0 Å². The third-order valence-corrected chi connectivity index (χ3v) is 6.42.